The number of nitrogens with zero attached hydrogens (tertiary/aromatic N) is 1. The predicted molar refractivity (Wildman–Crippen MR) is 106 cm³/mol. The van der Waals surface area contributed by atoms with Gasteiger partial charge in [-0.1, -0.05) is 26.0 Å². The molecule has 1 aromatic heterocycles. The lowest BCUT2D eigenvalue weighted by Gasteiger charge is -2.16. The maximum absolute atomic E-state index is 12.0. The number of amides is 1. The van der Waals surface area contributed by atoms with Crippen molar-refractivity contribution in [2.45, 2.75) is 39.5 Å². The number of hydrogen-bond acceptors (Lipinski definition) is 5. The quantitative estimate of drug-likeness (QED) is 0.813. The van der Waals surface area contributed by atoms with Crippen LogP contribution in [-0.4, -0.2) is 30.8 Å². The zero-order valence-corrected chi connectivity index (χ0v) is 16.8. The minimum atomic E-state index is -3.39. The van der Waals surface area contributed by atoms with Gasteiger partial charge in [-0.25, -0.2) is 13.4 Å². The minimum absolute atomic E-state index is 0.00303. The van der Waals surface area contributed by atoms with Crippen LogP contribution in [0.4, 0.5) is 5.13 Å². The maximum Gasteiger partial charge on any atom is 0.241 e. The fourth-order valence-electron chi connectivity index (χ4n) is 3.28. The van der Waals surface area contributed by atoms with E-state index in [1.54, 1.807) is 0 Å². The summed E-state index contributed by atoms with van der Waals surface area (Å²) in [5, 5.41) is 4.94. The van der Waals surface area contributed by atoms with Crippen LogP contribution < -0.4 is 5.32 Å². The molecule has 1 heterocycles. The molecule has 26 heavy (non-hydrogen) atoms. The molecule has 2 aromatic rings. The number of aryl methyl sites for hydroxylation is 2. The van der Waals surface area contributed by atoms with Crippen LogP contribution in [0.15, 0.2) is 23.6 Å². The lowest BCUT2D eigenvalue weighted by Crippen LogP contribution is -2.26. The summed E-state index contributed by atoms with van der Waals surface area (Å²) < 4.78 is 23.9. The van der Waals surface area contributed by atoms with Crippen molar-refractivity contribution in [2.24, 2.45) is 5.92 Å². The highest BCUT2D eigenvalue weighted by Gasteiger charge is 2.19. The van der Waals surface area contributed by atoms with Gasteiger partial charge in [0, 0.05) is 10.9 Å². The molecule has 0 saturated heterocycles. The van der Waals surface area contributed by atoms with Crippen molar-refractivity contribution < 1.29 is 13.2 Å². The van der Waals surface area contributed by atoms with Gasteiger partial charge in [0.25, 0.3) is 0 Å². The van der Waals surface area contributed by atoms with Gasteiger partial charge in [-0.05, 0) is 48.8 Å². The van der Waals surface area contributed by atoms with Crippen LogP contribution in [0.3, 0.4) is 0 Å². The highest BCUT2D eigenvalue weighted by Crippen LogP contribution is 2.29. The lowest BCUT2D eigenvalue weighted by atomic mass is 9.90. The van der Waals surface area contributed by atoms with Crippen molar-refractivity contribution >= 4 is 32.2 Å². The van der Waals surface area contributed by atoms with Crippen LogP contribution in [0, 0.1) is 5.92 Å². The van der Waals surface area contributed by atoms with E-state index >= 15 is 0 Å². The van der Waals surface area contributed by atoms with Gasteiger partial charge in [-0.3, -0.25) is 4.79 Å². The second-order valence-electron chi connectivity index (χ2n) is 7.23. The normalized spacial score (nSPS) is 14.3. The van der Waals surface area contributed by atoms with Crippen molar-refractivity contribution in [3.63, 3.8) is 0 Å². The molecule has 0 aliphatic heterocycles. The Morgan fingerprint density at radius 2 is 1.96 bits per heavy atom. The molecule has 1 aromatic carbocycles. The van der Waals surface area contributed by atoms with Gasteiger partial charge in [-0.15, -0.1) is 11.3 Å². The third kappa shape index (κ3) is 4.92. The Morgan fingerprint density at radius 3 is 2.69 bits per heavy atom. The first kappa shape index (κ1) is 19.0. The van der Waals surface area contributed by atoms with E-state index in [9.17, 15) is 13.2 Å². The van der Waals surface area contributed by atoms with E-state index in [0.717, 1.165) is 24.1 Å². The van der Waals surface area contributed by atoms with Gasteiger partial charge in [0.1, 0.15) is 5.75 Å². The van der Waals surface area contributed by atoms with Crippen molar-refractivity contribution in [3.05, 3.63) is 34.7 Å². The molecule has 0 unspecified atom stereocenters. The SMILES string of the molecule is CC(C)CS(=O)(=O)CC(=O)Nc1nc(-c2ccc3c(c2)CCCC3)cs1. The van der Waals surface area contributed by atoms with Crippen LogP contribution >= 0.6 is 11.3 Å². The topological polar surface area (TPSA) is 76.1 Å². The number of benzene rings is 1. The van der Waals surface area contributed by atoms with Crippen LogP contribution in [0.5, 0.6) is 0 Å². The second-order valence-corrected chi connectivity index (χ2v) is 10.2. The van der Waals surface area contributed by atoms with Crippen LogP contribution in [0.1, 0.15) is 37.8 Å². The number of carbonyl (C=O) groups is 1. The fourth-order valence-corrected chi connectivity index (χ4v) is 5.62. The summed E-state index contributed by atoms with van der Waals surface area (Å²) in [4.78, 5) is 16.5. The van der Waals surface area contributed by atoms with E-state index in [1.165, 1.54) is 35.3 Å². The van der Waals surface area contributed by atoms with E-state index in [2.05, 4.69) is 28.5 Å². The largest absolute Gasteiger partial charge is 0.301 e. The summed E-state index contributed by atoms with van der Waals surface area (Å²) in [6.45, 7) is 3.64. The smallest absolute Gasteiger partial charge is 0.241 e. The highest BCUT2D eigenvalue weighted by molar-refractivity contribution is 7.92. The molecule has 1 amide bonds. The third-order valence-corrected chi connectivity index (χ3v) is 6.97. The summed E-state index contributed by atoms with van der Waals surface area (Å²) >= 11 is 1.31. The molecule has 5 nitrogen and oxygen atoms in total. The van der Waals surface area contributed by atoms with Gasteiger partial charge in [-0.2, -0.15) is 0 Å². The lowest BCUT2D eigenvalue weighted by molar-refractivity contribution is -0.113. The number of aromatic nitrogens is 1. The zero-order chi connectivity index (χ0) is 18.7. The predicted octanol–water partition coefficient (Wildman–Crippen LogP) is 3.70. The molecule has 0 spiro atoms. The molecule has 1 aliphatic rings. The van der Waals surface area contributed by atoms with E-state index in [4.69, 9.17) is 0 Å². The minimum Gasteiger partial charge on any atom is -0.301 e. The van der Waals surface area contributed by atoms with Crippen molar-refractivity contribution in [1.82, 2.24) is 4.98 Å². The van der Waals surface area contributed by atoms with E-state index in [1.807, 2.05) is 19.2 Å². The molecule has 0 bridgehead atoms. The Bertz CT molecular complexity index is 901. The number of carbonyl (C=O) groups excluding carboxylic acids is 1. The molecule has 7 heteroatoms. The number of rotatable bonds is 6. The number of thiazole rings is 1. The monoisotopic (exact) mass is 392 g/mol. The number of nitrogens with one attached hydrogen (secondary N) is 1. The van der Waals surface area contributed by atoms with E-state index < -0.39 is 21.5 Å². The molecular formula is C19H24N2O3S2. The summed E-state index contributed by atoms with van der Waals surface area (Å²) in [5.41, 5.74) is 4.64. The number of anilines is 1. The van der Waals surface area contributed by atoms with Crippen molar-refractivity contribution in [2.75, 3.05) is 16.8 Å². The number of sulfone groups is 1. The van der Waals surface area contributed by atoms with Crippen molar-refractivity contribution in [3.8, 4) is 11.3 Å². The summed E-state index contributed by atoms with van der Waals surface area (Å²) in [7, 11) is -3.39. The van der Waals surface area contributed by atoms with Crippen LogP contribution in [0.25, 0.3) is 11.3 Å². The van der Waals surface area contributed by atoms with Gasteiger partial charge in [0.15, 0.2) is 15.0 Å². The molecule has 1 aliphatic carbocycles. The van der Waals surface area contributed by atoms with Crippen molar-refractivity contribution in [1.29, 1.82) is 0 Å². The Balaban J connectivity index is 1.67. The number of fused-ring (bicyclic) bond motifs is 1. The summed E-state index contributed by atoms with van der Waals surface area (Å²) in [5.74, 6) is -1.02. The average Bonchev–Trinajstić information content (AvgIpc) is 3.00. The standard InChI is InChI=1S/C19H24N2O3S2/c1-13(2)11-26(23,24)12-18(22)21-19-20-17(10-25-19)16-8-7-14-5-3-4-6-15(14)9-16/h7-10,13H,3-6,11-12H2,1-2H3,(H,20,21,22). The molecule has 1 N–H and O–H groups in total. The Morgan fingerprint density at radius 1 is 1.23 bits per heavy atom. The van der Waals surface area contributed by atoms with Gasteiger partial charge < -0.3 is 5.32 Å². The molecule has 0 fully saturated rings. The van der Waals surface area contributed by atoms with E-state index in [-0.39, 0.29) is 11.7 Å². The van der Waals surface area contributed by atoms with Crippen LogP contribution in [0.2, 0.25) is 0 Å². The Labute approximate surface area is 158 Å². The first-order valence-electron chi connectivity index (χ1n) is 8.90. The van der Waals surface area contributed by atoms with Crippen LogP contribution in [-0.2, 0) is 27.5 Å². The second kappa shape index (κ2) is 7.88. The van der Waals surface area contributed by atoms with Gasteiger partial charge in [0.2, 0.25) is 5.91 Å². The molecule has 0 saturated carbocycles. The summed E-state index contributed by atoms with van der Waals surface area (Å²) in [6, 6.07) is 6.42. The molecule has 3 rings (SSSR count). The Kier molecular flexibility index (Phi) is 5.77. The Hall–Kier alpha value is -1.73. The number of hydrogen-bond donors (Lipinski definition) is 1. The molecule has 0 atom stereocenters. The molecule has 0 radical (unpaired) electrons. The molecule has 140 valence electrons. The first-order valence-corrected chi connectivity index (χ1v) is 11.6. The maximum atomic E-state index is 12.0. The van der Waals surface area contributed by atoms with Gasteiger partial charge in [0.05, 0.1) is 11.4 Å². The first-order chi connectivity index (χ1) is 12.3. The zero-order valence-electron chi connectivity index (χ0n) is 15.1. The fraction of sp³-hybridized carbons (Fsp3) is 0.474. The molecular weight excluding hydrogens is 368 g/mol. The summed E-state index contributed by atoms with van der Waals surface area (Å²) in [6.07, 6.45) is 4.71. The van der Waals surface area contributed by atoms with E-state index in [0.29, 0.717) is 5.13 Å². The highest BCUT2D eigenvalue weighted by atomic mass is 32.2. The average molecular weight is 393 g/mol. The van der Waals surface area contributed by atoms with Gasteiger partial charge >= 0.3 is 0 Å². The third-order valence-electron chi connectivity index (χ3n) is 4.33.